The average molecular weight is 238 g/mol. The first-order chi connectivity index (χ1) is 7.72. The molecule has 0 unspecified atom stereocenters. The maximum absolute atomic E-state index is 10.7. The molecule has 0 fully saturated rings. The number of aryl methyl sites for hydroxylation is 1. The van der Waals surface area contributed by atoms with Gasteiger partial charge < -0.3 is 9.67 Å². The lowest BCUT2D eigenvalue weighted by Crippen LogP contribution is -2.00. The summed E-state index contributed by atoms with van der Waals surface area (Å²) in [5.41, 5.74) is 1.88. The Bertz CT molecular complexity index is 519. The fourth-order valence-electron chi connectivity index (χ4n) is 1.90. The molecule has 0 saturated carbocycles. The first kappa shape index (κ1) is 11.0. The molecule has 0 bridgehead atoms. The van der Waals surface area contributed by atoms with E-state index < -0.39 is 5.97 Å². The Hall–Kier alpha value is -1.48. The van der Waals surface area contributed by atoms with Crippen molar-refractivity contribution in [1.82, 2.24) is 4.57 Å². The van der Waals surface area contributed by atoms with E-state index in [1.54, 1.807) is 0 Å². The lowest BCUT2D eigenvalue weighted by Gasteiger charge is -2.00. The number of rotatable bonds is 4. The van der Waals surface area contributed by atoms with Gasteiger partial charge >= 0.3 is 5.97 Å². The van der Waals surface area contributed by atoms with Gasteiger partial charge in [-0.1, -0.05) is 18.2 Å². The van der Waals surface area contributed by atoms with Crippen molar-refractivity contribution in [3.05, 3.63) is 36.0 Å². The third-order valence-electron chi connectivity index (χ3n) is 2.54. The van der Waals surface area contributed by atoms with Crippen molar-refractivity contribution in [3.8, 4) is 0 Å². The van der Waals surface area contributed by atoms with Crippen LogP contribution in [0.4, 0.5) is 0 Å². The Kier molecular flexibility index (Phi) is 3.15. The molecule has 0 atom stereocenters. The lowest BCUT2D eigenvalue weighted by atomic mass is 10.1. The quantitative estimate of drug-likeness (QED) is 0.831. The average Bonchev–Trinajstić information content (AvgIpc) is 2.58. The fraction of sp³-hybridized carbons (Fsp3) is 0.250. The van der Waals surface area contributed by atoms with E-state index in [9.17, 15) is 4.79 Å². The Morgan fingerprint density at radius 1 is 1.38 bits per heavy atom. The van der Waals surface area contributed by atoms with E-state index in [0.29, 0.717) is 12.4 Å². The molecule has 3 nitrogen and oxygen atoms in total. The van der Waals surface area contributed by atoms with Gasteiger partial charge in [-0.2, -0.15) is 0 Å². The number of alkyl halides is 1. The number of carboxylic acids is 1. The fourth-order valence-corrected chi connectivity index (χ4v) is 2.08. The highest BCUT2D eigenvalue weighted by Gasteiger charge is 2.10. The summed E-state index contributed by atoms with van der Waals surface area (Å²) in [6, 6.07) is 7.78. The van der Waals surface area contributed by atoms with E-state index in [2.05, 4.69) is 0 Å². The van der Waals surface area contributed by atoms with Crippen LogP contribution in [0.3, 0.4) is 0 Å². The summed E-state index contributed by atoms with van der Waals surface area (Å²) in [7, 11) is 0. The van der Waals surface area contributed by atoms with Gasteiger partial charge in [0, 0.05) is 29.5 Å². The molecule has 2 rings (SSSR count). The predicted octanol–water partition coefficient (Wildman–Crippen LogP) is 2.51. The molecule has 1 heterocycles. The van der Waals surface area contributed by atoms with E-state index in [1.807, 2.05) is 35.0 Å². The Labute approximate surface area is 98.3 Å². The van der Waals surface area contributed by atoms with Crippen LogP contribution in [0.15, 0.2) is 30.5 Å². The van der Waals surface area contributed by atoms with E-state index in [1.165, 1.54) is 0 Å². The molecule has 0 amide bonds. The summed E-state index contributed by atoms with van der Waals surface area (Å²) in [5.74, 6) is -0.292. The Morgan fingerprint density at radius 3 is 2.81 bits per heavy atom. The van der Waals surface area contributed by atoms with E-state index in [0.717, 1.165) is 16.5 Å². The van der Waals surface area contributed by atoms with Gasteiger partial charge in [0.05, 0.1) is 6.42 Å². The van der Waals surface area contributed by atoms with E-state index >= 15 is 0 Å². The zero-order valence-corrected chi connectivity index (χ0v) is 9.44. The van der Waals surface area contributed by atoms with Crippen molar-refractivity contribution in [2.45, 2.75) is 13.0 Å². The summed E-state index contributed by atoms with van der Waals surface area (Å²) >= 11 is 5.71. The zero-order valence-electron chi connectivity index (χ0n) is 8.69. The van der Waals surface area contributed by atoms with Crippen molar-refractivity contribution in [3.63, 3.8) is 0 Å². The van der Waals surface area contributed by atoms with Gasteiger partial charge in [0.2, 0.25) is 0 Å². The van der Waals surface area contributed by atoms with Gasteiger partial charge in [-0.15, -0.1) is 11.6 Å². The van der Waals surface area contributed by atoms with Crippen LogP contribution in [0.2, 0.25) is 0 Å². The second kappa shape index (κ2) is 4.58. The third kappa shape index (κ3) is 2.04. The number of benzene rings is 1. The van der Waals surface area contributed by atoms with Crippen molar-refractivity contribution in [1.29, 1.82) is 0 Å². The van der Waals surface area contributed by atoms with E-state index in [-0.39, 0.29) is 6.42 Å². The number of aliphatic carboxylic acids is 1. The highest BCUT2D eigenvalue weighted by Crippen LogP contribution is 2.21. The minimum atomic E-state index is -0.811. The summed E-state index contributed by atoms with van der Waals surface area (Å²) in [6.07, 6.45) is 1.93. The van der Waals surface area contributed by atoms with Crippen LogP contribution >= 0.6 is 11.6 Å². The number of hydrogen-bond donors (Lipinski definition) is 1. The van der Waals surface area contributed by atoms with Crippen LogP contribution in [0.1, 0.15) is 5.56 Å². The van der Waals surface area contributed by atoms with Crippen LogP contribution in [0.5, 0.6) is 0 Å². The topological polar surface area (TPSA) is 42.2 Å². The van der Waals surface area contributed by atoms with Crippen molar-refractivity contribution >= 4 is 28.5 Å². The number of nitrogens with zero attached hydrogens (tertiary/aromatic N) is 1. The summed E-state index contributed by atoms with van der Waals surface area (Å²) in [6.45, 7) is 0.696. The monoisotopic (exact) mass is 237 g/mol. The number of carboxylic acid groups (broad SMARTS) is 1. The smallest absolute Gasteiger partial charge is 0.307 e. The number of halogens is 1. The first-order valence-corrected chi connectivity index (χ1v) is 5.60. The van der Waals surface area contributed by atoms with Gasteiger partial charge in [-0.05, 0) is 11.6 Å². The van der Waals surface area contributed by atoms with Crippen LogP contribution in [0, 0.1) is 0 Å². The Morgan fingerprint density at radius 2 is 2.12 bits per heavy atom. The van der Waals surface area contributed by atoms with Crippen LogP contribution < -0.4 is 0 Å². The van der Waals surface area contributed by atoms with Gasteiger partial charge in [0.25, 0.3) is 0 Å². The van der Waals surface area contributed by atoms with E-state index in [4.69, 9.17) is 16.7 Å². The molecule has 4 heteroatoms. The number of carbonyl (C=O) groups is 1. The van der Waals surface area contributed by atoms with Crippen LogP contribution in [0.25, 0.3) is 10.9 Å². The van der Waals surface area contributed by atoms with Crippen LogP contribution in [-0.4, -0.2) is 21.5 Å². The highest BCUT2D eigenvalue weighted by atomic mass is 35.5. The number of hydrogen-bond acceptors (Lipinski definition) is 1. The second-order valence-corrected chi connectivity index (χ2v) is 4.00. The second-order valence-electron chi connectivity index (χ2n) is 3.62. The molecule has 0 radical (unpaired) electrons. The highest BCUT2D eigenvalue weighted by molar-refractivity contribution is 6.17. The number of para-hydroxylation sites is 1. The molecule has 0 saturated heterocycles. The molecular weight excluding hydrogens is 226 g/mol. The van der Waals surface area contributed by atoms with Gasteiger partial charge in [-0.25, -0.2) is 0 Å². The van der Waals surface area contributed by atoms with Crippen molar-refractivity contribution < 1.29 is 9.90 Å². The zero-order chi connectivity index (χ0) is 11.5. The maximum atomic E-state index is 10.7. The normalized spacial score (nSPS) is 10.8. The maximum Gasteiger partial charge on any atom is 0.307 e. The SMILES string of the molecule is O=C(O)Cc1cn(CCCl)c2ccccc12. The molecule has 1 aromatic heterocycles. The largest absolute Gasteiger partial charge is 0.481 e. The molecule has 1 N–H and O–H groups in total. The third-order valence-corrected chi connectivity index (χ3v) is 2.71. The minimum Gasteiger partial charge on any atom is -0.481 e. The molecule has 0 aliphatic heterocycles. The molecule has 16 heavy (non-hydrogen) atoms. The minimum absolute atomic E-state index is 0.0514. The van der Waals surface area contributed by atoms with Crippen molar-refractivity contribution in [2.75, 3.05) is 5.88 Å². The molecule has 0 spiro atoms. The number of aromatic nitrogens is 1. The molecule has 2 aromatic rings. The van der Waals surface area contributed by atoms with Gasteiger partial charge in [0.15, 0.2) is 0 Å². The summed E-state index contributed by atoms with van der Waals surface area (Å²) in [4.78, 5) is 10.7. The summed E-state index contributed by atoms with van der Waals surface area (Å²) in [5, 5.41) is 9.83. The van der Waals surface area contributed by atoms with Gasteiger partial charge in [-0.3, -0.25) is 4.79 Å². The molecule has 0 aliphatic rings. The van der Waals surface area contributed by atoms with Gasteiger partial charge in [0.1, 0.15) is 0 Å². The predicted molar refractivity (Wildman–Crippen MR) is 64.0 cm³/mol. The number of fused-ring (bicyclic) bond motifs is 1. The van der Waals surface area contributed by atoms with Crippen LogP contribution in [-0.2, 0) is 17.8 Å². The van der Waals surface area contributed by atoms with Crippen molar-refractivity contribution in [2.24, 2.45) is 0 Å². The Balaban J connectivity index is 2.52. The molecule has 0 aliphatic carbocycles. The molecule has 84 valence electrons. The lowest BCUT2D eigenvalue weighted by molar-refractivity contribution is -0.136. The summed E-state index contributed by atoms with van der Waals surface area (Å²) < 4.78 is 2.00. The first-order valence-electron chi connectivity index (χ1n) is 5.07. The molecule has 1 aromatic carbocycles. The standard InChI is InChI=1S/C12H12ClNO2/c13-5-6-14-8-9(7-12(15)16)10-3-1-2-4-11(10)14/h1-4,8H,5-7H2,(H,15,16). The molecular formula is C12H12ClNO2.